The molecule has 0 atom stereocenters. The molecule has 0 saturated carbocycles. The number of rotatable bonds is 3. The number of anilines is 1. The highest BCUT2D eigenvalue weighted by molar-refractivity contribution is 6.32. The van der Waals surface area contributed by atoms with Gasteiger partial charge >= 0.3 is 0 Å². The molecule has 0 aliphatic heterocycles. The summed E-state index contributed by atoms with van der Waals surface area (Å²) < 4.78 is 1.87. The van der Waals surface area contributed by atoms with Crippen LogP contribution in [0.1, 0.15) is 5.69 Å². The smallest absolute Gasteiger partial charge is 0.180 e. The van der Waals surface area contributed by atoms with Gasteiger partial charge in [0.2, 0.25) is 0 Å². The van der Waals surface area contributed by atoms with Gasteiger partial charge in [-0.15, -0.1) is 0 Å². The van der Waals surface area contributed by atoms with E-state index in [1.54, 1.807) is 18.2 Å². The first-order valence-corrected chi connectivity index (χ1v) is 8.38. The summed E-state index contributed by atoms with van der Waals surface area (Å²) in [7, 11) is 0. The van der Waals surface area contributed by atoms with Gasteiger partial charge in [0.25, 0.3) is 0 Å². The normalized spacial score (nSPS) is 11.2. The van der Waals surface area contributed by atoms with E-state index < -0.39 is 0 Å². The lowest BCUT2D eigenvalue weighted by atomic mass is 10.0. The van der Waals surface area contributed by atoms with Gasteiger partial charge in [-0.3, -0.25) is 4.40 Å². The van der Waals surface area contributed by atoms with Gasteiger partial charge in [0.1, 0.15) is 5.75 Å². The van der Waals surface area contributed by atoms with Crippen molar-refractivity contribution in [1.82, 2.24) is 14.4 Å². The van der Waals surface area contributed by atoms with E-state index in [-0.39, 0.29) is 17.3 Å². The number of aromatic hydroxyl groups is 1. The molecule has 4 aromatic rings. The first kappa shape index (κ1) is 16.4. The minimum Gasteiger partial charge on any atom is -0.506 e. The van der Waals surface area contributed by atoms with E-state index in [1.807, 2.05) is 40.9 Å². The fraction of sp³-hybridized carbons (Fsp3) is 0.0526. The summed E-state index contributed by atoms with van der Waals surface area (Å²) >= 11 is 6.14. The predicted octanol–water partition coefficient (Wildman–Crippen LogP) is 3.46. The molecular formula is C19H16ClN5O. The molecule has 0 bridgehead atoms. The highest BCUT2D eigenvalue weighted by Crippen LogP contribution is 2.36. The number of nitrogens with zero attached hydrogens (tertiary/aromatic N) is 3. The van der Waals surface area contributed by atoms with Crippen LogP contribution < -0.4 is 11.5 Å². The lowest BCUT2D eigenvalue weighted by Crippen LogP contribution is -2.03. The Hall–Kier alpha value is -3.09. The second kappa shape index (κ2) is 6.33. The van der Waals surface area contributed by atoms with Crippen LogP contribution in [0, 0.1) is 0 Å². The zero-order valence-corrected chi connectivity index (χ0v) is 14.5. The quantitative estimate of drug-likeness (QED) is 0.516. The number of fused-ring (bicyclic) bond motifs is 1. The zero-order chi connectivity index (χ0) is 18.3. The van der Waals surface area contributed by atoms with E-state index in [1.165, 1.54) is 0 Å². The number of aromatic nitrogens is 3. The summed E-state index contributed by atoms with van der Waals surface area (Å²) in [6, 6.07) is 14.7. The molecule has 7 heteroatoms. The van der Waals surface area contributed by atoms with Crippen LogP contribution in [0.15, 0.2) is 54.7 Å². The minimum absolute atomic E-state index is 0.0182. The summed E-state index contributed by atoms with van der Waals surface area (Å²) in [6.45, 7) is 0.289. The third kappa shape index (κ3) is 2.65. The number of nitrogen functional groups attached to an aromatic ring is 1. The Balaban J connectivity index is 2.11. The maximum Gasteiger partial charge on any atom is 0.180 e. The van der Waals surface area contributed by atoms with Gasteiger partial charge in [-0.2, -0.15) is 0 Å². The van der Waals surface area contributed by atoms with Crippen molar-refractivity contribution in [3.8, 4) is 28.3 Å². The lowest BCUT2D eigenvalue weighted by molar-refractivity contribution is 0.475. The van der Waals surface area contributed by atoms with Crippen molar-refractivity contribution in [2.24, 2.45) is 5.73 Å². The van der Waals surface area contributed by atoms with E-state index in [2.05, 4.69) is 9.97 Å². The molecule has 2 aromatic heterocycles. The Bertz CT molecular complexity index is 1110. The maximum absolute atomic E-state index is 9.77. The number of halogens is 1. The molecule has 0 aliphatic rings. The fourth-order valence-electron chi connectivity index (χ4n) is 2.94. The van der Waals surface area contributed by atoms with Crippen molar-refractivity contribution >= 4 is 23.1 Å². The van der Waals surface area contributed by atoms with Crippen molar-refractivity contribution in [3.63, 3.8) is 0 Å². The molecular weight excluding hydrogens is 350 g/mol. The summed E-state index contributed by atoms with van der Waals surface area (Å²) in [5, 5.41) is 10.0. The molecule has 0 radical (unpaired) electrons. The molecule has 26 heavy (non-hydrogen) atoms. The van der Waals surface area contributed by atoms with Crippen molar-refractivity contribution in [3.05, 3.63) is 65.4 Å². The monoisotopic (exact) mass is 365 g/mol. The molecule has 0 aliphatic carbocycles. The Morgan fingerprint density at radius 3 is 2.50 bits per heavy atom. The first-order valence-electron chi connectivity index (χ1n) is 8.00. The maximum atomic E-state index is 9.77. The van der Waals surface area contributed by atoms with Crippen LogP contribution in [0.3, 0.4) is 0 Å². The van der Waals surface area contributed by atoms with Gasteiger partial charge < -0.3 is 16.6 Å². The standard InChI is InChI=1S/C19H16ClN5O/c20-14-8-12(6-7-15(14)26)17-16(11-4-2-1-3-5-11)24-18(22)19-23-13(9-21)10-25(17)19/h1-8,10,26H,9,21H2,(H2,22,24). The number of imidazole rings is 1. The van der Waals surface area contributed by atoms with Crippen LogP contribution in [0.2, 0.25) is 5.02 Å². The topological polar surface area (TPSA) is 102 Å². The average molecular weight is 366 g/mol. The van der Waals surface area contributed by atoms with E-state index in [9.17, 15) is 5.11 Å². The third-order valence-electron chi connectivity index (χ3n) is 4.16. The molecule has 2 heterocycles. The number of hydrogen-bond acceptors (Lipinski definition) is 5. The second-order valence-electron chi connectivity index (χ2n) is 5.86. The van der Waals surface area contributed by atoms with Crippen LogP contribution in [0.4, 0.5) is 5.82 Å². The summed E-state index contributed by atoms with van der Waals surface area (Å²) in [6.07, 6.45) is 1.84. The number of hydrogen-bond donors (Lipinski definition) is 3. The van der Waals surface area contributed by atoms with E-state index in [0.717, 1.165) is 16.8 Å². The third-order valence-corrected chi connectivity index (χ3v) is 4.46. The van der Waals surface area contributed by atoms with E-state index in [0.29, 0.717) is 22.9 Å². The average Bonchev–Trinajstić information content (AvgIpc) is 3.10. The molecule has 0 amide bonds. The number of phenolic OH excluding ortho intramolecular Hbond substituents is 1. The van der Waals surface area contributed by atoms with E-state index >= 15 is 0 Å². The van der Waals surface area contributed by atoms with Crippen LogP contribution >= 0.6 is 11.6 Å². The van der Waals surface area contributed by atoms with Crippen molar-refractivity contribution in [2.75, 3.05) is 5.73 Å². The van der Waals surface area contributed by atoms with Crippen molar-refractivity contribution in [1.29, 1.82) is 0 Å². The number of nitrogens with two attached hydrogens (primary N) is 2. The summed E-state index contributed by atoms with van der Waals surface area (Å²) in [5.41, 5.74) is 16.3. The molecule has 0 saturated heterocycles. The zero-order valence-electron chi connectivity index (χ0n) is 13.7. The van der Waals surface area contributed by atoms with Crippen LogP contribution in [0.5, 0.6) is 5.75 Å². The molecule has 0 fully saturated rings. The first-order chi connectivity index (χ1) is 12.6. The molecule has 5 N–H and O–H groups in total. The SMILES string of the molecule is NCc1cn2c(-c3ccc(O)c(Cl)c3)c(-c3ccccc3)nc(N)c2n1. The van der Waals surface area contributed by atoms with Crippen molar-refractivity contribution in [2.45, 2.75) is 6.54 Å². The van der Waals surface area contributed by atoms with Gasteiger partial charge in [0, 0.05) is 23.9 Å². The molecule has 2 aromatic carbocycles. The second-order valence-corrected chi connectivity index (χ2v) is 6.26. The van der Waals surface area contributed by atoms with E-state index in [4.69, 9.17) is 23.1 Å². The van der Waals surface area contributed by atoms with Gasteiger partial charge in [0.05, 0.1) is 22.1 Å². The van der Waals surface area contributed by atoms with Crippen LogP contribution in [-0.2, 0) is 6.54 Å². The highest BCUT2D eigenvalue weighted by Gasteiger charge is 2.18. The van der Waals surface area contributed by atoms with Crippen molar-refractivity contribution < 1.29 is 5.11 Å². The van der Waals surface area contributed by atoms with Crippen LogP contribution in [0.25, 0.3) is 28.2 Å². The van der Waals surface area contributed by atoms with Gasteiger partial charge in [-0.1, -0.05) is 41.9 Å². The minimum atomic E-state index is 0.0182. The Labute approximate surface area is 154 Å². The largest absolute Gasteiger partial charge is 0.506 e. The number of phenols is 1. The molecule has 0 spiro atoms. The predicted molar refractivity (Wildman–Crippen MR) is 103 cm³/mol. The summed E-state index contributed by atoms with van der Waals surface area (Å²) in [4.78, 5) is 9.06. The summed E-state index contributed by atoms with van der Waals surface area (Å²) in [5.74, 6) is 0.335. The molecule has 4 rings (SSSR count). The molecule has 6 nitrogen and oxygen atoms in total. The Kier molecular flexibility index (Phi) is 3.99. The fourth-order valence-corrected chi connectivity index (χ4v) is 3.12. The molecule has 130 valence electrons. The lowest BCUT2D eigenvalue weighted by Gasteiger charge is -2.14. The van der Waals surface area contributed by atoms with Crippen LogP contribution in [-0.4, -0.2) is 19.5 Å². The van der Waals surface area contributed by atoms with Gasteiger partial charge in [-0.25, -0.2) is 9.97 Å². The number of benzene rings is 2. The Morgan fingerprint density at radius 1 is 1.04 bits per heavy atom. The van der Waals surface area contributed by atoms with Gasteiger partial charge in [-0.05, 0) is 18.2 Å². The van der Waals surface area contributed by atoms with Gasteiger partial charge in [0.15, 0.2) is 11.5 Å². The highest BCUT2D eigenvalue weighted by atomic mass is 35.5. The Morgan fingerprint density at radius 2 is 1.81 bits per heavy atom. The molecule has 0 unspecified atom stereocenters.